The molecule has 0 radical (unpaired) electrons. The van der Waals surface area contributed by atoms with Crippen LogP contribution >= 0.6 is 15.9 Å². The average molecular weight is 354 g/mol. The normalized spacial score (nSPS) is 13.0. The van der Waals surface area contributed by atoms with Crippen LogP contribution < -0.4 is 0 Å². The van der Waals surface area contributed by atoms with Gasteiger partial charge in [-0.1, -0.05) is 28.1 Å². The molecule has 0 heterocycles. The van der Waals surface area contributed by atoms with E-state index < -0.39 is 23.8 Å². The number of rotatable bonds is 4. The van der Waals surface area contributed by atoms with E-state index in [2.05, 4.69) is 20.7 Å². The number of nitrogens with zero attached hydrogens (tertiary/aromatic N) is 1. The Morgan fingerprint density at radius 3 is 2.00 bits per heavy atom. The van der Waals surface area contributed by atoms with Crippen molar-refractivity contribution in [2.24, 2.45) is 5.92 Å². The van der Waals surface area contributed by atoms with Crippen molar-refractivity contribution >= 4 is 27.9 Å². The summed E-state index contributed by atoms with van der Waals surface area (Å²) in [5, 5.41) is 9.23. The van der Waals surface area contributed by atoms with Crippen molar-refractivity contribution < 1.29 is 19.1 Å². The highest BCUT2D eigenvalue weighted by atomic mass is 79.9. The van der Waals surface area contributed by atoms with E-state index >= 15 is 0 Å². The number of hydrogen-bond acceptors (Lipinski definition) is 5. The molecule has 112 valence electrons. The third-order valence-corrected chi connectivity index (χ3v) is 4.45. The van der Waals surface area contributed by atoms with Gasteiger partial charge in [0.1, 0.15) is 5.92 Å². The molecule has 0 fully saturated rings. The molecule has 1 rings (SSSR count). The largest absolute Gasteiger partial charge is 0.469 e. The summed E-state index contributed by atoms with van der Waals surface area (Å²) >= 11 is 3.44. The Morgan fingerprint density at radius 1 is 1.14 bits per heavy atom. The minimum atomic E-state index is -1.25. The monoisotopic (exact) mass is 353 g/mol. The van der Waals surface area contributed by atoms with Crippen molar-refractivity contribution in [3.8, 4) is 6.07 Å². The summed E-state index contributed by atoms with van der Waals surface area (Å²) in [7, 11) is 2.40. The van der Waals surface area contributed by atoms with Gasteiger partial charge in [0.25, 0.3) is 0 Å². The molecule has 0 aliphatic rings. The van der Waals surface area contributed by atoms with Gasteiger partial charge in [-0.15, -0.1) is 0 Å². The van der Waals surface area contributed by atoms with Gasteiger partial charge in [0, 0.05) is 4.47 Å². The molecule has 0 N–H and O–H groups in total. The van der Waals surface area contributed by atoms with Crippen LogP contribution in [0.25, 0.3) is 0 Å². The fourth-order valence-corrected chi connectivity index (χ4v) is 2.37. The van der Waals surface area contributed by atoms with E-state index in [1.165, 1.54) is 14.2 Å². The molecule has 2 atom stereocenters. The maximum Gasteiger partial charge on any atom is 0.324 e. The third kappa shape index (κ3) is 3.61. The summed E-state index contributed by atoms with van der Waals surface area (Å²) in [4.78, 5) is 23.8. The Hall–Kier alpha value is -1.87. The molecule has 5 nitrogen and oxygen atoms in total. The molecule has 0 spiro atoms. The van der Waals surface area contributed by atoms with Gasteiger partial charge in [-0.25, -0.2) is 0 Å². The van der Waals surface area contributed by atoms with E-state index in [1.807, 2.05) is 19.9 Å². The standard InChI is InChI=1S/C15H16BrNO4/c1-8-5-10(6-9(2)13(8)16)12(15(19)21-4)11(7-17)14(18)20-3/h5-6,11-12H,1-4H3. The van der Waals surface area contributed by atoms with Crippen molar-refractivity contribution in [2.45, 2.75) is 19.8 Å². The molecule has 0 aliphatic carbocycles. The molecule has 1 aromatic rings. The second-order valence-electron chi connectivity index (χ2n) is 4.60. The van der Waals surface area contributed by atoms with Crippen LogP contribution in [-0.4, -0.2) is 26.2 Å². The SMILES string of the molecule is COC(=O)C(C#N)C(C(=O)OC)c1cc(C)c(Br)c(C)c1. The van der Waals surface area contributed by atoms with Crippen LogP contribution in [0.1, 0.15) is 22.6 Å². The topological polar surface area (TPSA) is 76.4 Å². The predicted octanol–water partition coefficient (Wildman–Crippen LogP) is 2.64. The average Bonchev–Trinajstić information content (AvgIpc) is 2.48. The van der Waals surface area contributed by atoms with Crippen LogP contribution in [0.3, 0.4) is 0 Å². The second-order valence-corrected chi connectivity index (χ2v) is 5.39. The van der Waals surface area contributed by atoms with Gasteiger partial charge < -0.3 is 9.47 Å². The Morgan fingerprint density at radius 2 is 1.62 bits per heavy atom. The maximum absolute atomic E-state index is 12.0. The molecule has 2 unspecified atom stereocenters. The van der Waals surface area contributed by atoms with Crippen LogP contribution in [-0.2, 0) is 19.1 Å². The Balaban J connectivity index is 3.42. The van der Waals surface area contributed by atoms with E-state index in [0.717, 1.165) is 15.6 Å². The lowest BCUT2D eigenvalue weighted by atomic mass is 9.85. The smallest absolute Gasteiger partial charge is 0.324 e. The minimum Gasteiger partial charge on any atom is -0.469 e. The summed E-state index contributed by atoms with van der Waals surface area (Å²) in [6, 6.07) is 5.34. The highest BCUT2D eigenvalue weighted by molar-refractivity contribution is 9.10. The Labute approximate surface area is 132 Å². The number of nitriles is 1. The minimum absolute atomic E-state index is 0.553. The number of esters is 2. The van der Waals surface area contributed by atoms with Gasteiger partial charge in [0.15, 0.2) is 5.92 Å². The highest BCUT2D eigenvalue weighted by Crippen LogP contribution is 2.32. The van der Waals surface area contributed by atoms with Gasteiger partial charge >= 0.3 is 11.9 Å². The van der Waals surface area contributed by atoms with Gasteiger partial charge in [-0.3, -0.25) is 9.59 Å². The second kappa shape index (κ2) is 7.23. The first kappa shape index (κ1) is 17.2. The number of carbonyl (C=O) groups is 2. The van der Waals surface area contributed by atoms with Gasteiger partial charge in [-0.2, -0.15) is 5.26 Å². The van der Waals surface area contributed by atoms with Gasteiger partial charge in [0.2, 0.25) is 0 Å². The summed E-state index contributed by atoms with van der Waals surface area (Å²) < 4.78 is 10.3. The summed E-state index contributed by atoms with van der Waals surface area (Å²) in [6.45, 7) is 3.74. The lowest BCUT2D eigenvalue weighted by Crippen LogP contribution is -2.29. The first-order chi connectivity index (χ1) is 9.87. The van der Waals surface area contributed by atoms with Gasteiger partial charge in [-0.05, 0) is 30.5 Å². The lowest BCUT2D eigenvalue weighted by molar-refractivity contribution is -0.152. The van der Waals surface area contributed by atoms with E-state index in [1.54, 1.807) is 12.1 Å². The van der Waals surface area contributed by atoms with Crippen LogP contribution in [0, 0.1) is 31.1 Å². The number of methoxy groups -OCH3 is 2. The Kier molecular flexibility index (Phi) is 5.91. The third-order valence-electron chi connectivity index (χ3n) is 3.20. The molecular formula is C15H16BrNO4. The summed E-state index contributed by atoms with van der Waals surface area (Å²) in [6.07, 6.45) is 0. The molecule has 0 aliphatic heterocycles. The molecule has 0 amide bonds. The number of benzene rings is 1. The molecular weight excluding hydrogens is 338 g/mol. The highest BCUT2D eigenvalue weighted by Gasteiger charge is 2.37. The zero-order valence-electron chi connectivity index (χ0n) is 12.3. The van der Waals surface area contributed by atoms with Crippen LogP contribution in [0.5, 0.6) is 0 Å². The lowest BCUT2D eigenvalue weighted by Gasteiger charge is -2.20. The summed E-state index contributed by atoms with van der Waals surface area (Å²) in [5.74, 6) is -3.67. The van der Waals surface area contributed by atoms with E-state index in [9.17, 15) is 14.9 Å². The number of aryl methyl sites for hydroxylation is 2. The van der Waals surface area contributed by atoms with E-state index in [-0.39, 0.29) is 0 Å². The van der Waals surface area contributed by atoms with Crippen molar-refractivity contribution in [1.29, 1.82) is 5.26 Å². The number of carbonyl (C=O) groups excluding carboxylic acids is 2. The molecule has 1 aromatic carbocycles. The number of ether oxygens (including phenoxy) is 2. The molecule has 0 saturated heterocycles. The van der Waals surface area contributed by atoms with E-state index in [4.69, 9.17) is 4.74 Å². The maximum atomic E-state index is 12.0. The Bertz CT molecular complexity index is 583. The van der Waals surface area contributed by atoms with Crippen molar-refractivity contribution in [3.63, 3.8) is 0 Å². The van der Waals surface area contributed by atoms with Crippen LogP contribution in [0.2, 0.25) is 0 Å². The van der Waals surface area contributed by atoms with Gasteiger partial charge in [0.05, 0.1) is 20.3 Å². The fourth-order valence-electron chi connectivity index (χ4n) is 2.14. The molecule has 0 saturated carbocycles. The van der Waals surface area contributed by atoms with E-state index in [0.29, 0.717) is 5.56 Å². The van der Waals surface area contributed by atoms with Crippen LogP contribution in [0.15, 0.2) is 16.6 Å². The quantitative estimate of drug-likeness (QED) is 0.777. The molecule has 21 heavy (non-hydrogen) atoms. The van der Waals surface area contributed by atoms with Crippen molar-refractivity contribution in [3.05, 3.63) is 33.3 Å². The number of halogens is 1. The molecule has 0 bridgehead atoms. The first-order valence-electron chi connectivity index (χ1n) is 6.19. The molecule has 6 heteroatoms. The predicted molar refractivity (Wildman–Crippen MR) is 79.5 cm³/mol. The fraction of sp³-hybridized carbons (Fsp3) is 0.400. The van der Waals surface area contributed by atoms with Crippen molar-refractivity contribution in [2.75, 3.05) is 14.2 Å². The van der Waals surface area contributed by atoms with Crippen molar-refractivity contribution in [1.82, 2.24) is 0 Å². The molecule has 0 aromatic heterocycles. The summed E-state index contributed by atoms with van der Waals surface area (Å²) in [5.41, 5.74) is 2.36. The zero-order chi connectivity index (χ0) is 16.2. The zero-order valence-corrected chi connectivity index (χ0v) is 13.9. The van der Waals surface area contributed by atoms with Crippen LogP contribution in [0.4, 0.5) is 0 Å². The number of hydrogen-bond donors (Lipinski definition) is 0. The first-order valence-corrected chi connectivity index (χ1v) is 6.98.